The number of carbonyl (C=O) groups excluding carboxylic acids is 1. The Morgan fingerprint density at radius 3 is 2.65 bits per heavy atom. The molecule has 4 heteroatoms. The fourth-order valence-electron chi connectivity index (χ4n) is 2.51. The van der Waals surface area contributed by atoms with E-state index < -0.39 is 5.60 Å². The van der Waals surface area contributed by atoms with Crippen molar-refractivity contribution in [1.29, 1.82) is 0 Å². The van der Waals surface area contributed by atoms with Gasteiger partial charge in [0.1, 0.15) is 5.75 Å². The Morgan fingerprint density at radius 2 is 2.00 bits per heavy atom. The molecular weight excluding hydrogens is 254 g/mol. The van der Waals surface area contributed by atoms with Gasteiger partial charge in [-0.05, 0) is 57.4 Å². The topological polar surface area (TPSA) is 49.8 Å². The zero-order chi connectivity index (χ0) is 14.6. The first-order chi connectivity index (χ1) is 9.52. The van der Waals surface area contributed by atoms with Gasteiger partial charge in [-0.15, -0.1) is 0 Å². The maximum absolute atomic E-state index is 12.4. The molecule has 20 heavy (non-hydrogen) atoms. The smallest absolute Gasteiger partial charge is 0.253 e. The van der Waals surface area contributed by atoms with Crippen molar-refractivity contribution in [2.75, 3.05) is 19.7 Å². The molecule has 0 aromatic heterocycles. The molecule has 1 aliphatic heterocycles. The van der Waals surface area contributed by atoms with Gasteiger partial charge in [0.2, 0.25) is 0 Å². The molecule has 1 heterocycles. The SMILES string of the molecule is CCOc1ccc(C(=O)N2CCCC(C)(O)CC2)cc1. The fourth-order valence-corrected chi connectivity index (χ4v) is 2.51. The van der Waals surface area contributed by atoms with Crippen molar-refractivity contribution in [2.45, 2.75) is 38.7 Å². The molecule has 1 N–H and O–H groups in total. The first-order valence-electron chi connectivity index (χ1n) is 7.26. The highest BCUT2D eigenvalue weighted by molar-refractivity contribution is 5.94. The number of carbonyl (C=O) groups is 1. The number of amides is 1. The minimum Gasteiger partial charge on any atom is -0.494 e. The Morgan fingerprint density at radius 1 is 1.30 bits per heavy atom. The van der Waals surface area contributed by atoms with Crippen LogP contribution in [0.2, 0.25) is 0 Å². The van der Waals surface area contributed by atoms with Crippen LogP contribution in [-0.4, -0.2) is 41.2 Å². The van der Waals surface area contributed by atoms with Crippen LogP contribution in [0.5, 0.6) is 5.75 Å². The summed E-state index contributed by atoms with van der Waals surface area (Å²) < 4.78 is 5.38. The largest absolute Gasteiger partial charge is 0.494 e. The third-order valence-corrected chi connectivity index (χ3v) is 3.76. The molecule has 1 aromatic carbocycles. The van der Waals surface area contributed by atoms with Gasteiger partial charge in [0.25, 0.3) is 5.91 Å². The number of hydrogen-bond donors (Lipinski definition) is 1. The molecule has 0 aliphatic carbocycles. The summed E-state index contributed by atoms with van der Waals surface area (Å²) in [7, 11) is 0. The maximum Gasteiger partial charge on any atom is 0.253 e. The Labute approximate surface area is 120 Å². The summed E-state index contributed by atoms with van der Waals surface area (Å²) >= 11 is 0. The van der Waals surface area contributed by atoms with Crippen LogP contribution in [0, 0.1) is 0 Å². The molecule has 1 amide bonds. The van der Waals surface area contributed by atoms with Crippen molar-refractivity contribution in [2.24, 2.45) is 0 Å². The summed E-state index contributed by atoms with van der Waals surface area (Å²) in [6.45, 7) is 5.72. The van der Waals surface area contributed by atoms with Crippen molar-refractivity contribution in [3.63, 3.8) is 0 Å². The van der Waals surface area contributed by atoms with Crippen molar-refractivity contribution >= 4 is 5.91 Å². The van der Waals surface area contributed by atoms with E-state index in [0.29, 0.717) is 31.7 Å². The van der Waals surface area contributed by atoms with Gasteiger partial charge in [0, 0.05) is 18.7 Å². The fraction of sp³-hybridized carbons (Fsp3) is 0.562. The Bertz CT molecular complexity index is 453. The summed E-state index contributed by atoms with van der Waals surface area (Å²) in [6, 6.07) is 7.25. The maximum atomic E-state index is 12.4. The van der Waals surface area contributed by atoms with Crippen LogP contribution in [-0.2, 0) is 0 Å². The highest BCUT2D eigenvalue weighted by Gasteiger charge is 2.27. The molecule has 1 atom stereocenters. The van der Waals surface area contributed by atoms with Gasteiger partial charge in [0.05, 0.1) is 12.2 Å². The van der Waals surface area contributed by atoms with Gasteiger partial charge in [-0.25, -0.2) is 0 Å². The van der Waals surface area contributed by atoms with Gasteiger partial charge in [-0.1, -0.05) is 0 Å². The average molecular weight is 277 g/mol. The molecule has 0 saturated carbocycles. The Hall–Kier alpha value is -1.55. The number of benzene rings is 1. The van der Waals surface area contributed by atoms with Crippen LogP contribution in [0.15, 0.2) is 24.3 Å². The standard InChI is InChI=1S/C16H23NO3/c1-3-20-14-7-5-13(6-8-14)15(18)17-11-4-9-16(2,19)10-12-17/h5-8,19H,3-4,9-12H2,1-2H3. The molecule has 1 saturated heterocycles. The summed E-state index contributed by atoms with van der Waals surface area (Å²) in [5.74, 6) is 0.814. The Balaban J connectivity index is 2.03. The van der Waals surface area contributed by atoms with Crippen molar-refractivity contribution < 1.29 is 14.6 Å². The zero-order valence-corrected chi connectivity index (χ0v) is 12.3. The lowest BCUT2D eigenvalue weighted by atomic mass is 9.98. The van der Waals surface area contributed by atoms with Crippen molar-refractivity contribution in [3.05, 3.63) is 29.8 Å². The van der Waals surface area contributed by atoms with Crippen LogP contribution in [0.4, 0.5) is 0 Å². The lowest BCUT2D eigenvalue weighted by Crippen LogP contribution is -2.33. The van der Waals surface area contributed by atoms with Crippen molar-refractivity contribution in [3.8, 4) is 5.75 Å². The predicted molar refractivity (Wildman–Crippen MR) is 78.0 cm³/mol. The van der Waals surface area contributed by atoms with E-state index in [4.69, 9.17) is 4.74 Å². The minimum atomic E-state index is -0.645. The lowest BCUT2D eigenvalue weighted by molar-refractivity contribution is 0.0438. The average Bonchev–Trinajstić information content (AvgIpc) is 2.60. The highest BCUT2D eigenvalue weighted by atomic mass is 16.5. The van der Waals surface area contributed by atoms with Crippen molar-refractivity contribution in [1.82, 2.24) is 4.90 Å². The number of nitrogens with zero attached hydrogens (tertiary/aromatic N) is 1. The quantitative estimate of drug-likeness (QED) is 0.923. The van der Waals surface area contributed by atoms with E-state index in [1.165, 1.54) is 0 Å². The zero-order valence-electron chi connectivity index (χ0n) is 12.3. The molecular formula is C16H23NO3. The number of hydrogen-bond acceptors (Lipinski definition) is 3. The van der Waals surface area contributed by atoms with Gasteiger partial charge in [0.15, 0.2) is 0 Å². The highest BCUT2D eigenvalue weighted by Crippen LogP contribution is 2.23. The number of aliphatic hydroxyl groups is 1. The number of rotatable bonds is 3. The van der Waals surface area contributed by atoms with Gasteiger partial charge in [-0.3, -0.25) is 4.79 Å². The molecule has 1 unspecified atom stereocenters. The second-order valence-corrected chi connectivity index (χ2v) is 5.60. The predicted octanol–water partition coefficient (Wildman–Crippen LogP) is 2.46. The van der Waals surface area contributed by atoms with E-state index in [1.54, 1.807) is 12.1 Å². The second-order valence-electron chi connectivity index (χ2n) is 5.60. The van der Waals surface area contributed by atoms with E-state index >= 15 is 0 Å². The third kappa shape index (κ3) is 3.73. The summed E-state index contributed by atoms with van der Waals surface area (Å²) in [6.07, 6.45) is 2.23. The lowest BCUT2D eigenvalue weighted by Gasteiger charge is -2.22. The summed E-state index contributed by atoms with van der Waals surface area (Å²) in [5.41, 5.74) is 0.0309. The van der Waals surface area contributed by atoms with E-state index in [2.05, 4.69) is 0 Å². The molecule has 0 radical (unpaired) electrons. The van der Waals surface area contributed by atoms with Gasteiger partial charge < -0.3 is 14.7 Å². The van der Waals surface area contributed by atoms with E-state index in [0.717, 1.165) is 18.6 Å². The first-order valence-corrected chi connectivity index (χ1v) is 7.26. The van der Waals surface area contributed by atoms with Gasteiger partial charge in [-0.2, -0.15) is 0 Å². The molecule has 1 fully saturated rings. The van der Waals surface area contributed by atoms with Crippen LogP contribution in [0.25, 0.3) is 0 Å². The molecule has 110 valence electrons. The number of likely N-dealkylation sites (tertiary alicyclic amines) is 1. The molecule has 2 rings (SSSR count). The first kappa shape index (κ1) is 14.9. The summed E-state index contributed by atoms with van der Waals surface area (Å²) in [4.78, 5) is 14.3. The molecule has 1 aliphatic rings. The van der Waals surface area contributed by atoms with E-state index in [-0.39, 0.29) is 5.91 Å². The van der Waals surface area contributed by atoms with Crippen LogP contribution in [0.1, 0.15) is 43.5 Å². The molecule has 4 nitrogen and oxygen atoms in total. The van der Waals surface area contributed by atoms with Crippen LogP contribution in [0.3, 0.4) is 0 Å². The minimum absolute atomic E-state index is 0.0331. The molecule has 0 bridgehead atoms. The third-order valence-electron chi connectivity index (χ3n) is 3.76. The van der Waals surface area contributed by atoms with Crippen LogP contribution < -0.4 is 4.74 Å². The Kier molecular flexibility index (Phi) is 4.65. The summed E-state index contributed by atoms with van der Waals surface area (Å²) in [5, 5.41) is 10.1. The van der Waals surface area contributed by atoms with Crippen LogP contribution >= 0.6 is 0 Å². The number of ether oxygens (including phenoxy) is 1. The molecule has 1 aromatic rings. The normalized spacial score (nSPS) is 23.2. The monoisotopic (exact) mass is 277 g/mol. The van der Waals surface area contributed by atoms with E-state index in [1.807, 2.05) is 30.9 Å². The van der Waals surface area contributed by atoms with E-state index in [9.17, 15) is 9.90 Å². The van der Waals surface area contributed by atoms with Gasteiger partial charge >= 0.3 is 0 Å². The molecule has 0 spiro atoms. The second kappa shape index (κ2) is 6.27.